The Morgan fingerprint density at radius 1 is 1.35 bits per heavy atom. The Morgan fingerprint density at radius 3 is 2.76 bits per heavy atom. The monoisotopic (exact) mass is 241 g/mol. The van der Waals surface area contributed by atoms with Gasteiger partial charge in [-0.05, 0) is 37.6 Å². The molecule has 0 spiro atoms. The molecule has 1 aliphatic heterocycles. The second-order valence-corrected chi connectivity index (χ2v) is 4.30. The Labute approximate surface area is 100.0 Å². The van der Waals surface area contributed by atoms with E-state index in [0.717, 1.165) is 31.4 Å². The molecule has 0 saturated carbocycles. The van der Waals surface area contributed by atoms with E-state index in [-0.39, 0.29) is 11.6 Å². The highest BCUT2D eigenvalue weighted by Gasteiger charge is 2.20. The summed E-state index contributed by atoms with van der Waals surface area (Å²) < 4.78 is 30.6. The van der Waals surface area contributed by atoms with Gasteiger partial charge in [0.1, 0.15) is 5.75 Å². The first kappa shape index (κ1) is 12.3. The number of benzene rings is 1. The van der Waals surface area contributed by atoms with Gasteiger partial charge in [-0.2, -0.15) is 0 Å². The molecular weight excluding hydrogens is 224 g/mol. The van der Waals surface area contributed by atoms with Crippen LogP contribution < -0.4 is 10.1 Å². The summed E-state index contributed by atoms with van der Waals surface area (Å²) in [5, 5.41) is 3.35. The Morgan fingerprint density at radius 2 is 2.18 bits per heavy atom. The molecule has 1 aromatic rings. The minimum absolute atomic E-state index is 0.0631. The molecule has 1 fully saturated rings. The number of hydrogen-bond acceptors (Lipinski definition) is 2. The largest absolute Gasteiger partial charge is 0.496 e. The van der Waals surface area contributed by atoms with Crippen molar-refractivity contribution in [3.63, 3.8) is 0 Å². The summed E-state index contributed by atoms with van der Waals surface area (Å²) in [6.07, 6.45) is 0.819. The van der Waals surface area contributed by atoms with Gasteiger partial charge in [-0.15, -0.1) is 0 Å². The van der Waals surface area contributed by atoms with Crippen molar-refractivity contribution in [2.45, 2.75) is 31.7 Å². The van der Waals surface area contributed by atoms with Crippen LogP contribution in [0.5, 0.6) is 5.75 Å². The molecule has 94 valence electrons. The first-order valence-corrected chi connectivity index (χ1v) is 5.91. The molecule has 1 saturated heterocycles. The average Bonchev–Trinajstić information content (AvgIpc) is 2.39. The molecule has 1 aliphatic rings. The van der Waals surface area contributed by atoms with E-state index in [0.29, 0.717) is 5.75 Å². The Bertz CT molecular complexity index is 376. The van der Waals surface area contributed by atoms with Crippen LogP contribution in [-0.2, 0) is 0 Å². The standard InChI is InChI=1S/C13H17F2NO/c1-17-12-6-5-9(13(14)15)8-10(12)11-4-2-3-7-16-11/h5-6,8,11,13,16H,2-4,7H2,1H3. The number of piperidine rings is 1. The van der Waals surface area contributed by atoms with Gasteiger partial charge in [0.05, 0.1) is 7.11 Å². The summed E-state index contributed by atoms with van der Waals surface area (Å²) >= 11 is 0. The van der Waals surface area contributed by atoms with Crippen LogP contribution in [-0.4, -0.2) is 13.7 Å². The van der Waals surface area contributed by atoms with Gasteiger partial charge in [0.15, 0.2) is 0 Å². The third-order valence-corrected chi connectivity index (χ3v) is 3.19. The summed E-state index contributed by atoms with van der Waals surface area (Å²) in [4.78, 5) is 0. The van der Waals surface area contributed by atoms with Crippen molar-refractivity contribution < 1.29 is 13.5 Å². The lowest BCUT2D eigenvalue weighted by Gasteiger charge is -2.25. The van der Waals surface area contributed by atoms with Gasteiger partial charge in [-0.25, -0.2) is 8.78 Å². The van der Waals surface area contributed by atoms with E-state index >= 15 is 0 Å². The minimum Gasteiger partial charge on any atom is -0.496 e. The van der Waals surface area contributed by atoms with Gasteiger partial charge < -0.3 is 10.1 Å². The van der Waals surface area contributed by atoms with Crippen LogP contribution in [0.15, 0.2) is 18.2 Å². The predicted molar refractivity (Wildman–Crippen MR) is 62.5 cm³/mol. The zero-order valence-corrected chi connectivity index (χ0v) is 9.88. The van der Waals surface area contributed by atoms with Crippen molar-refractivity contribution in [3.05, 3.63) is 29.3 Å². The molecule has 4 heteroatoms. The van der Waals surface area contributed by atoms with E-state index < -0.39 is 6.43 Å². The van der Waals surface area contributed by atoms with Gasteiger partial charge in [0, 0.05) is 17.2 Å². The van der Waals surface area contributed by atoms with Crippen molar-refractivity contribution >= 4 is 0 Å². The molecule has 1 heterocycles. The molecular formula is C13H17F2NO. The highest BCUT2D eigenvalue weighted by Crippen LogP contribution is 2.33. The Kier molecular flexibility index (Phi) is 3.94. The second kappa shape index (κ2) is 5.45. The van der Waals surface area contributed by atoms with Gasteiger partial charge in [-0.1, -0.05) is 6.42 Å². The molecule has 1 N–H and O–H groups in total. The lowest BCUT2D eigenvalue weighted by Crippen LogP contribution is -2.27. The highest BCUT2D eigenvalue weighted by atomic mass is 19.3. The van der Waals surface area contributed by atoms with E-state index in [4.69, 9.17) is 4.74 Å². The van der Waals surface area contributed by atoms with E-state index in [2.05, 4.69) is 5.32 Å². The molecule has 2 rings (SSSR count). The summed E-state index contributed by atoms with van der Waals surface area (Å²) in [6, 6.07) is 4.76. The van der Waals surface area contributed by atoms with Crippen LogP contribution in [0.3, 0.4) is 0 Å². The number of halogens is 2. The zero-order valence-electron chi connectivity index (χ0n) is 9.88. The number of nitrogens with one attached hydrogen (secondary N) is 1. The highest BCUT2D eigenvalue weighted by molar-refractivity contribution is 5.40. The third kappa shape index (κ3) is 2.75. The van der Waals surface area contributed by atoms with Gasteiger partial charge >= 0.3 is 0 Å². The molecule has 1 aromatic carbocycles. The first-order chi connectivity index (χ1) is 8.22. The van der Waals surface area contributed by atoms with Crippen LogP contribution in [0.2, 0.25) is 0 Å². The molecule has 0 bridgehead atoms. The fourth-order valence-corrected chi connectivity index (χ4v) is 2.28. The number of methoxy groups -OCH3 is 1. The summed E-state index contributed by atoms with van der Waals surface area (Å²) in [5.74, 6) is 0.689. The summed E-state index contributed by atoms with van der Waals surface area (Å²) in [6.45, 7) is 0.937. The maximum Gasteiger partial charge on any atom is 0.263 e. The quantitative estimate of drug-likeness (QED) is 0.875. The van der Waals surface area contributed by atoms with Crippen LogP contribution in [0, 0.1) is 0 Å². The minimum atomic E-state index is -2.43. The van der Waals surface area contributed by atoms with Crippen LogP contribution in [0.4, 0.5) is 8.78 Å². The summed E-state index contributed by atoms with van der Waals surface area (Å²) in [7, 11) is 1.57. The number of alkyl halides is 2. The average molecular weight is 241 g/mol. The molecule has 0 aliphatic carbocycles. The van der Waals surface area contributed by atoms with E-state index in [1.807, 2.05) is 0 Å². The maximum absolute atomic E-state index is 12.7. The normalized spacial score (nSPS) is 20.6. The number of rotatable bonds is 3. The van der Waals surface area contributed by atoms with Crippen LogP contribution in [0.25, 0.3) is 0 Å². The molecule has 0 amide bonds. The van der Waals surface area contributed by atoms with Crippen molar-refractivity contribution in [1.82, 2.24) is 5.32 Å². The van der Waals surface area contributed by atoms with Crippen molar-refractivity contribution in [2.75, 3.05) is 13.7 Å². The second-order valence-electron chi connectivity index (χ2n) is 4.30. The predicted octanol–water partition coefficient (Wildman–Crippen LogP) is 3.45. The fraction of sp³-hybridized carbons (Fsp3) is 0.538. The first-order valence-electron chi connectivity index (χ1n) is 5.91. The van der Waals surface area contributed by atoms with E-state index in [9.17, 15) is 8.78 Å². The van der Waals surface area contributed by atoms with Crippen molar-refractivity contribution in [3.8, 4) is 5.75 Å². The lowest BCUT2D eigenvalue weighted by atomic mass is 9.95. The lowest BCUT2D eigenvalue weighted by molar-refractivity contribution is 0.151. The fourth-order valence-electron chi connectivity index (χ4n) is 2.28. The smallest absolute Gasteiger partial charge is 0.263 e. The molecule has 1 unspecified atom stereocenters. The van der Waals surface area contributed by atoms with Crippen LogP contribution >= 0.6 is 0 Å². The van der Waals surface area contributed by atoms with E-state index in [1.54, 1.807) is 19.2 Å². The topological polar surface area (TPSA) is 21.3 Å². The zero-order chi connectivity index (χ0) is 12.3. The molecule has 2 nitrogen and oxygen atoms in total. The van der Waals surface area contributed by atoms with Crippen molar-refractivity contribution in [2.24, 2.45) is 0 Å². The maximum atomic E-state index is 12.7. The van der Waals surface area contributed by atoms with E-state index in [1.165, 1.54) is 6.07 Å². The Balaban J connectivity index is 2.30. The summed E-state index contributed by atoms with van der Waals surface area (Å²) in [5.41, 5.74) is 0.915. The van der Waals surface area contributed by atoms with Gasteiger partial charge in [0.25, 0.3) is 6.43 Å². The molecule has 1 atom stereocenters. The molecule has 0 radical (unpaired) electrons. The van der Waals surface area contributed by atoms with Crippen molar-refractivity contribution in [1.29, 1.82) is 0 Å². The van der Waals surface area contributed by atoms with Gasteiger partial charge in [0.2, 0.25) is 0 Å². The SMILES string of the molecule is COc1ccc(C(F)F)cc1C1CCCCN1. The third-order valence-electron chi connectivity index (χ3n) is 3.19. The number of ether oxygens (including phenoxy) is 1. The van der Waals surface area contributed by atoms with Gasteiger partial charge in [-0.3, -0.25) is 0 Å². The Hall–Kier alpha value is -1.16. The molecule has 0 aromatic heterocycles. The van der Waals surface area contributed by atoms with Crippen LogP contribution in [0.1, 0.15) is 42.9 Å². The molecule has 17 heavy (non-hydrogen) atoms. The number of hydrogen-bond donors (Lipinski definition) is 1.